The van der Waals surface area contributed by atoms with E-state index in [0.29, 0.717) is 25.0 Å². The van der Waals surface area contributed by atoms with Gasteiger partial charge < -0.3 is 4.79 Å². The molecule has 0 aromatic heterocycles. The molecule has 0 amide bonds. The molecule has 64 valence electrons. The predicted octanol–water partition coefficient (Wildman–Crippen LogP) is 2.11. The molecule has 11 heavy (non-hydrogen) atoms. The highest BCUT2D eigenvalue weighted by Crippen LogP contribution is 2.03. The number of carbonyl (C=O) groups is 2. The van der Waals surface area contributed by atoms with Crippen LogP contribution in [-0.2, 0) is 9.59 Å². The van der Waals surface area contributed by atoms with Crippen LogP contribution in [0.4, 0.5) is 0 Å². The SMILES string of the molecule is CCC(=O)CCCCCC=O. The fraction of sp³-hybridized carbons (Fsp3) is 0.778. The standard InChI is InChI=1S/C9H16O2/c1-2-9(11)7-5-3-4-6-8-10/h8H,2-7H2,1H3. The lowest BCUT2D eigenvalue weighted by atomic mass is 10.1. The maximum atomic E-state index is 10.8. The molecule has 0 aliphatic carbocycles. The smallest absolute Gasteiger partial charge is 0.132 e. The Hall–Kier alpha value is -0.660. The van der Waals surface area contributed by atoms with Gasteiger partial charge in [0.2, 0.25) is 0 Å². The molecule has 0 aliphatic rings. The Kier molecular flexibility index (Phi) is 7.00. The van der Waals surface area contributed by atoms with E-state index >= 15 is 0 Å². The average molecular weight is 156 g/mol. The summed E-state index contributed by atoms with van der Waals surface area (Å²) >= 11 is 0. The van der Waals surface area contributed by atoms with Gasteiger partial charge in [-0.2, -0.15) is 0 Å². The Labute approximate surface area is 68.0 Å². The van der Waals surface area contributed by atoms with E-state index in [1.54, 1.807) is 0 Å². The van der Waals surface area contributed by atoms with E-state index in [4.69, 9.17) is 0 Å². The highest BCUT2D eigenvalue weighted by atomic mass is 16.1. The molecule has 0 radical (unpaired) electrons. The minimum absolute atomic E-state index is 0.330. The summed E-state index contributed by atoms with van der Waals surface area (Å²) in [5.41, 5.74) is 0. The van der Waals surface area contributed by atoms with Crippen LogP contribution in [0.25, 0.3) is 0 Å². The van der Waals surface area contributed by atoms with E-state index in [0.717, 1.165) is 25.5 Å². The number of unbranched alkanes of at least 4 members (excludes halogenated alkanes) is 3. The van der Waals surface area contributed by atoms with Crippen LogP contribution in [0.3, 0.4) is 0 Å². The molecule has 0 bridgehead atoms. The topological polar surface area (TPSA) is 34.1 Å². The van der Waals surface area contributed by atoms with Crippen molar-refractivity contribution in [3.05, 3.63) is 0 Å². The van der Waals surface area contributed by atoms with Crippen LogP contribution in [0.15, 0.2) is 0 Å². The molecule has 2 heteroatoms. The molecule has 0 heterocycles. The molecule has 0 unspecified atom stereocenters. The van der Waals surface area contributed by atoms with Crippen molar-refractivity contribution in [1.82, 2.24) is 0 Å². The molecule has 0 rings (SSSR count). The van der Waals surface area contributed by atoms with Crippen LogP contribution in [0.1, 0.15) is 45.4 Å². The second kappa shape index (κ2) is 7.45. The van der Waals surface area contributed by atoms with Crippen molar-refractivity contribution in [2.75, 3.05) is 0 Å². The molecular weight excluding hydrogens is 140 g/mol. The van der Waals surface area contributed by atoms with Crippen LogP contribution in [-0.4, -0.2) is 12.1 Å². The van der Waals surface area contributed by atoms with Gasteiger partial charge in [0.05, 0.1) is 0 Å². The Balaban J connectivity index is 3.01. The second-order valence-corrected chi connectivity index (χ2v) is 2.66. The molecule has 0 saturated carbocycles. The predicted molar refractivity (Wildman–Crippen MR) is 44.4 cm³/mol. The average Bonchev–Trinajstić information content (AvgIpc) is 2.04. The highest BCUT2D eigenvalue weighted by Gasteiger charge is 1.96. The highest BCUT2D eigenvalue weighted by molar-refractivity contribution is 5.77. The Morgan fingerprint density at radius 2 is 2.00 bits per heavy atom. The van der Waals surface area contributed by atoms with E-state index < -0.39 is 0 Å². The summed E-state index contributed by atoms with van der Waals surface area (Å²) < 4.78 is 0. The van der Waals surface area contributed by atoms with Crippen LogP contribution in [0.2, 0.25) is 0 Å². The Morgan fingerprint density at radius 3 is 2.55 bits per heavy atom. The zero-order valence-electron chi connectivity index (χ0n) is 7.14. The van der Waals surface area contributed by atoms with Crippen LogP contribution >= 0.6 is 0 Å². The largest absolute Gasteiger partial charge is 0.303 e. The van der Waals surface area contributed by atoms with Gasteiger partial charge >= 0.3 is 0 Å². The van der Waals surface area contributed by atoms with Gasteiger partial charge in [-0.15, -0.1) is 0 Å². The fourth-order valence-corrected chi connectivity index (χ4v) is 0.903. The van der Waals surface area contributed by atoms with Crippen LogP contribution in [0.5, 0.6) is 0 Å². The zero-order valence-corrected chi connectivity index (χ0v) is 7.14. The minimum Gasteiger partial charge on any atom is -0.303 e. The first kappa shape index (κ1) is 10.3. The van der Waals surface area contributed by atoms with E-state index in [1.165, 1.54) is 0 Å². The number of aldehydes is 1. The molecule has 0 N–H and O–H groups in total. The normalized spacial score (nSPS) is 9.55. The molecule has 0 aromatic carbocycles. The van der Waals surface area contributed by atoms with Gasteiger partial charge in [0.1, 0.15) is 12.1 Å². The first-order valence-electron chi connectivity index (χ1n) is 4.26. The van der Waals surface area contributed by atoms with Gasteiger partial charge in [0, 0.05) is 19.3 Å². The van der Waals surface area contributed by atoms with Crippen molar-refractivity contribution in [2.24, 2.45) is 0 Å². The van der Waals surface area contributed by atoms with E-state index in [2.05, 4.69) is 0 Å². The van der Waals surface area contributed by atoms with Crippen molar-refractivity contribution in [3.8, 4) is 0 Å². The summed E-state index contributed by atoms with van der Waals surface area (Å²) in [5, 5.41) is 0. The minimum atomic E-state index is 0.330. The fourth-order valence-electron chi connectivity index (χ4n) is 0.903. The summed E-state index contributed by atoms with van der Waals surface area (Å²) in [7, 11) is 0. The molecule has 2 nitrogen and oxygen atoms in total. The molecule has 0 atom stereocenters. The summed E-state index contributed by atoms with van der Waals surface area (Å²) in [5.74, 6) is 0.330. The van der Waals surface area contributed by atoms with Crippen LogP contribution in [0, 0.1) is 0 Å². The second-order valence-electron chi connectivity index (χ2n) is 2.66. The Bertz CT molecular complexity index is 119. The lowest BCUT2D eigenvalue weighted by Gasteiger charge is -1.95. The quantitative estimate of drug-likeness (QED) is 0.418. The zero-order chi connectivity index (χ0) is 8.53. The third-order valence-corrected chi connectivity index (χ3v) is 1.67. The van der Waals surface area contributed by atoms with Gasteiger partial charge in [-0.05, 0) is 12.8 Å². The molecular formula is C9H16O2. The van der Waals surface area contributed by atoms with Gasteiger partial charge in [0.25, 0.3) is 0 Å². The third-order valence-electron chi connectivity index (χ3n) is 1.67. The summed E-state index contributed by atoms with van der Waals surface area (Å²) in [6.45, 7) is 1.88. The van der Waals surface area contributed by atoms with E-state index in [-0.39, 0.29) is 0 Å². The van der Waals surface area contributed by atoms with Gasteiger partial charge in [-0.3, -0.25) is 4.79 Å². The number of carbonyl (C=O) groups excluding carboxylic acids is 2. The van der Waals surface area contributed by atoms with Crippen molar-refractivity contribution in [1.29, 1.82) is 0 Å². The summed E-state index contributed by atoms with van der Waals surface area (Å²) in [6, 6.07) is 0. The Morgan fingerprint density at radius 1 is 1.27 bits per heavy atom. The van der Waals surface area contributed by atoms with Crippen molar-refractivity contribution < 1.29 is 9.59 Å². The number of rotatable bonds is 7. The van der Waals surface area contributed by atoms with Gasteiger partial charge in [-0.1, -0.05) is 13.3 Å². The van der Waals surface area contributed by atoms with Crippen molar-refractivity contribution in [2.45, 2.75) is 45.4 Å². The molecule has 0 fully saturated rings. The van der Waals surface area contributed by atoms with Crippen LogP contribution < -0.4 is 0 Å². The number of hydrogen-bond donors (Lipinski definition) is 0. The molecule has 0 spiro atoms. The summed E-state index contributed by atoms with van der Waals surface area (Å²) in [4.78, 5) is 20.7. The first-order valence-corrected chi connectivity index (χ1v) is 4.26. The number of ketones is 1. The lowest BCUT2D eigenvalue weighted by molar-refractivity contribution is -0.118. The van der Waals surface area contributed by atoms with E-state index in [1.807, 2.05) is 6.92 Å². The molecule has 0 aliphatic heterocycles. The first-order chi connectivity index (χ1) is 5.31. The maximum absolute atomic E-state index is 10.8. The van der Waals surface area contributed by atoms with Gasteiger partial charge in [0.15, 0.2) is 0 Å². The number of hydrogen-bond acceptors (Lipinski definition) is 2. The summed E-state index contributed by atoms with van der Waals surface area (Å²) in [6.07, 6.45) is 5.79. The van der Waals surface area contributed by atoms with Crippen molar-refractivity contribution >= 4 is 12.1 Å². The van der Waals surface area contributed by atoms with Gasteiger partial charge in [-0.25, -0.2) is 0 Å². The third kappa shape index (κ3) is 7.23. The monoisotopic (exact) mass is 156 g/mol. The molecule has 0 saturated heterocycles. The van der Waals surface area contributed by atoms with Crippen molar-refractivity contribution in [3.63, 3.8) is 0 Å². The van der Waals surface area contributed by atoms with E-state index in [9.17, 15) is 9.59 Å². The number of Topliss-reactive ketones (excluding diaryl/α,β-unsaturated/α-hetero) is 1. The molecule has 0 aromatic rings. The maximum Gasteiger partial charge on any atom is 0.132 e. The lowest BCUT2D eigenvalue weighted by Crippen LogP contribution is -1.94.